The summed E-state index contributed by atoms with van der Waals surface area (Å²) in [5.41, 5.74) is 5.90. The minimum Gasteiger partial charge on any atom is -0.354 e. The van der Waals surface area contributed by atoms with Crippen LogP contribution in [-0.4, -0.2) is 30.5 Å². The minimum absolute atomic E-state index is 0.0252. The van der Waals surface area contributed by atoms with E-state index in [9.17, 15) is 4.79 Å². The van der Waals surface area contributed by atoms with Crippen LogP contribution >= 0.6 is 11.8 Å². The average molecular weight is 246 g/mol. The Morgan fingerprint density at radius 2 is 2.00 bits per heavy atom. The Morgan fingerprint density at radius 1 is 1.44 bits per heavy atom. The van der Waals surface area contributed by atoms with E-state index in [1.54, 1.807) is 11.8 Å². The largest absolute Gasteiger partial charge is 0.354 e. The van der Waals surface area contributed by atoms with Crippen LogP contribution in [0.4, 0.5) is 0 Å². The number of hydrogen-bond acceptors (Lipinski definition) is 3. The quantitative estimate of drug-likeness (QED) is 0.721. The van der Waals surface area contributed by atoms with Gasteiger partial charge < -0.3 is 11.1 Å². The third kappa shape index (κ3) is 5.75. The second-order valence-corrected chi connectivity index (χ2v) is 6.23. The Bertz CT molecular complexity index is 217. The van der Waals surface area contributed by atoms with Crippen molar-refractivity contribution in [3.8, 4) is 0 Å². The lowest BCUT2D eigenvalue weighted by Gasteiger charge is -2.29. The van der Waals surface area contributed by atoms with E-state index in [2.05, 4.69) is 33.0 Å². The summed E-state index contributed by atoms with van der Waals surface area (Å²) in [7, 11) is 0. The smallest absolute Gasteiger partial charge is 0.236 e. The lowest BCUT2D eigenvalue weighted by molar-refractivity contribution is -0.122. The fourth-order valence-electron chi connectivity index (χ4n) is 1.03. The molecular formula is C12H26N2OS. The number of amides is 1. The van der Waals surface area contributed by atoms with E-state index in [1.807, 2.05) is 6.26 Å². The Hall–Kier alpha value is -0.220. The fraction of sp³-hybridized carbons (Fsp3) is 0.917. The van der Waals surface area contributed by atoms with Crippen molar-refractivity contribution in [2.45, 2.75) is 40.2 Å². The van der Waals surface area contributed by atoms with E-state index in [4.69, 9.17) is 5.73 Å². The molecule has 3 N–H and O–H groups in total. The van der Waals surface area contributed by atoms with Gasteiger partial charge in [0.05, 0.1) is 6.04 Å². The predicted octanol–water partition coefficient (Wildman–Crippen LogP) is 1.87. The normalized spacial score (nSPS) is 13.9. The average Bonchev–Trinajstić information content (AvgIpc) is 2.22. The maximum absolute atomic E-state index is 11.7. The zero-order chi connectivity index (χ0) is 12.8. The standard InChI is InChI=1S/C12H26N2OS/c1-9(2)12(3,4)8-14-11(15)10(13)6-7-16-5/h9-10H,6-8,13H2,1-5H3,(H,14,15)/t10-/m1/s1. The molecule has 0 aromatic rings. The lowest BCUT2D eigenvalue weighted by Crippen LogP contribution is -2.45. The fourth-order valence-corrected chi connectivity index (χ4v) is 1.52. The maximum Gasteiger partial charge on any atom is 0.236 e. The highest BCUT2D eigenvalue weighted by Crippen LogP contribution is 2.24. The molecule has 0 aliphatic rings. The summed E-state index contributed by atoms with van der Waals surface area (Å²) in [6.45, 7) is 9.34. The molecule has 4 heteroatoms. The summed E-state index contributed by atoms with van der Waals surface area (Å²) in [6, 6.07) is -0.365. The molecule has 0 aliphatic heterocycles. The Kier molecular flexibility index (Phi) is 7.07. The molecule has 0 unspecified atom stereocenters. The van der Waals surface area contributed by atoms with Crippen LogP contribution in [0.5, 0.6) is 0 Å². The predicted molar refractivity (Wildman–Crippen MR) is 72.6 cm³/mol. The van der Waals surface area contributed by atoms with Crippen LogP contribution in [0.2, 0.25) is 0 Å². The van der Waals surface area contributed by atoms with Gasteiger partial charge in [0, 0.05) is 6.54 Å². The van der Waals surface area contributed by atoms with Crippen molar-refractivity contribution in [3.05, 3.63) is 0 Å². The van der Waals surface area contributed by atoms with E-state index in [-0.39, 0.29) is 17.4 Å². The van der Waals surface area contributed by atoms with Crippen molar-refractivity contribution < 1.29 is 4.79 Å². The molecule has 96 valence electrons. The van der Waals surface area contributed by atoms with E-state index in [0.29, 0.717) is 12.5 Å². The monoisotopic (exact) mass is 246 g/mol. The highest BCUT2D eigenvalue weighted by Gasteiger charge is 2.24. The molecule has 0 aromatic carbocycles. The molecule has 0 aliphatic carbocycles. The van der Waals surface area contributed by atoms with Crippen LogP contribution in [-0.2, 0) is 4.79 Å². The van der Waals surface area contributed by atoms with Crippen LogP contribution in [0.15, 0.2) is 0 Å². The van der Waals surface area contributed by atoms with Crippen LogP contribution in [0.1, 0.15) is 34.1 Å². The number of carbonyl (C=O) groups excluding carboxylic acids is 1. The highest BCUT2D eigenvalue weighted by molar-refractivity contribution is 7.98. The van der Waals surface area contributed by atoms with Gasteiger partial charge in [-0.1, -0.05) is 27.7 Å². The second kappa shape index (κ2) is 7.17. The number of nitrogens with two attached hydrogens (primary N) is 1. The molecule has 0 fully saturated rings. The summed E-state index contributed by atoms with van der Waals surface area (Å²) >= 11 is 1.72. The molecule has 0 saturated carbocycles. The van der Waals surface area contributed by atoms with Crippen molar-refractivity contribution in [2.24, 2.45) is 17.1 Å². The number of carbonyl (C=O) groups is 1. The van der Waals surface area contributed by atoms with Gasteiger partial charge in [0.25, 0.3) is 0 Å². The van der Waals surface area contributed by atoms with Gasteiger partial charge in [0.1, 0.15) is 0 Å². The molecule has 1 atom stereocenters. The summed E-state index contributed by atoms with van der Waals surface area (Å²) in [5, 5.41) is 2.94. The molecule has 0 rings (SSSR count). The van der Waals surface area contributed by atoms with Crippen molar-refractivity contribution in [3.63, 3.8) is 0 Å². The van der Waals surface area contributed by atoms with Gasteiger partial charge in [-0.15, -0.1) is 0 Å². The molecule has 0 radical (unpaired) electrons. The van der Waals surface area contributed by atoms with Crippen LogP contribution in [0.25, 0.3) is 0 Å². The molecule has 3 nitrogen and oxygen atoms in total. The van der Waals surface area contributed by atoms with E-state index >= 15 is 0 Å². The topological polar surface area (TPSA) is 55.1 Å². The van der Waals surface area contributed by atoms with Gasteiger partial charge in [-0.05, 0) is 29.8 Å². The number of hydrogen-bond donors (Lipinski definition) is 2. The van der Waals surface area contributed by atoms with Crippen molar-refractivity contribution >= 4 is 17.7 Å². The van der Waals surface area contributed by atoms with Crippen molar-refractivity contribution in [2.75, 3.05) is 18.6 Å². The Labute approximate surface area is 104 Å². The summed E-state index contributed by atoms with van der Waals surface area (Å²) in [4.78, 5) is 11.7. The molecule has 0 saturated heterocycles. The SMILES string of the molecule is CSCC[C@@H](N)C(=O)NCC(C)(C)C(C)C. The summed E-state index contributed by atoms with van der Waals surface area (Å²) < 4.78 is 0. The summed E-state index contributed by atoms with van der Waals surface area (Å²) in [6.07, 6.45) is 2.77. The van der Waals surface area contributed by atoms with Crippen molar-refractivity contribution in [1.82, 2.24) is 5.32 Å². The molecule has 0 heterocycles. The number of thioether (sulfide) groups is 1. The first-order valence-corrected chi connectivity index (χ1v) is 7.23. The third-order valence-corrected chi connectivity index (χ3v) is 3.89. The zero-order valence-electron chi connectivity index (χ0n) is 11.2. The number of nitrogens with one attached hydrogen (secondary N) is 1. The molecular weight excluding hydrogens is 220 g/mol. The van der Waals surface area contributed by atoms with Crippen molar-refractivity contribution in [1.29, 1.82) is 0 Å². The first kappa shape index (κ1) is 15.8. The van der Waals surface area contributed by atoms with E-state index in [1.165, 1.54) is 0 Å². The molecule has 0 aromatic heterocycles. The van der Waals surface area contributed by atoms with Crippen LogP contribution < -0.4 is 11.1 Å². The summed E-state index contributed by atoms with van der Waals surface area (Å²) in [5.74, 6) is 1.44. The second-order valence-electron chi connectivity index (χ2n) is 5.25. The van der Waals surface area contributed by atoms with E-state index < -0.39 is 0 Å². The van der Waals surface area contributed by atoms with Crippen LogP contribution in [0.3, 0.4) is 0 Å². The van der Waals surface area contributed by atoms with E-state index in [0.717, 1.165) is 12.2 Å². The minimum atomic E-state index is -0.365. The Morgan fingerprint density at radius 3 is 2.44 bits per heavy atom. The molecule has 1 amide bonds. The zero-order valence-corrected chi connectivity index (χ0v) is 12.0. The highest BCUT2D eigenvalue weighted by atomic mass is 32.2. The third-order valence-electron chi connectivity index (χ3n) is 3.25. The van der Waals surface area contributed by atoms with Gasteiger partial charge in [0.2, 0.25) is 5.91 Å². The lowest BCUT2D eigenvalue weighted by atomic mass is 9.81. The van der Waals surface area contributed by atoms with Gasteiger partial charge >= 0.3 is 0 Å². The Balaban J connectivity index is 3.97. The molecule has 16 heavy (non-hydrogen) atoms. The van der Waals surface area contributed by atoms with Gasteiger partial charge in [-0.25, -0.2) is 0 Å². The first-order valence-electron chi connectivity index (χ1n) is 5.83. The molecule has 0 spiro atoms. The first-order chi connectivity index (χ1) is 7.31. The maximum atomic E-state index is 11.7. The van der Waals surface area contributed by atoms with Gasteiger partial charge in [0.15, 0.2) is 0 Å². The number of rotatable bonds is 7. The van der Waals surface area contributed by atoms with Gasteiger partial charge in [-0.3, -0.25) is 4.79 Å². The van der Waals surface area contributed by atoms with Gasteiger partial charge in [-0.2, -0.15) is 11.8 Å². The van der Waals surface area contributed by atoms with Crippen LogP contribution in [0, 0.1) is 11.3 Å². The molecule has 0 bridgehead atoms.